The van der Waals surface area contributed by atoms with Gasteiger partial charge in [0.25, 0.3) is 5.91 Å². The number of phosphoric ester groups is 1. The molecule has 0 saturated carbocycles. The lowest BCUT2D eigenvalue weighted by atomic mass is 9.90. The molecule has 0 atom stereocenters. The topological polar surface area (TPSA) is 113 Å². The molecule has 2 aliphatic rings. The molecule has 2 aromatic heterocycles. The Hall–Kier alpha value is -4.29. The summed E-state index contributed by atoms with van der Waals surface area (Å²) in [5.74, 6) is 0.123. The molecular formula is C29H25BF2N3O6PS. The lowest BCUT2D eigenvalue weighted by molar-refractivity contribution is -0.360. The number of carbonyl (C=O) groups is 1. The van der Waals surface area contributed by atoms with Crippen LogP contribution in [0.25, 0.3) is 16.6 Å². The number of hydrogen-bond acceptors (Lipinski definition) is 5. The highest BCUT2D eigenvalue weighted by Gasteiger charge is 2.52. The predicted molar refractivity (Wildman–Crippen MR) is 160 cm³/mol. The van der Waals surface area contributed by atoms with E-state index in [0.29, 0.717) is 47.1 Å². The standard InChI is InChI=1S/C29H25BF2N3O6PS/c31-30(32)34-22(18-23-8-14-27(35(23)30)28-2-1-17-43-28)7-13-26(34)21-5-11-24(12-6-21)40-19-29(36)33-16-15-20-3-9-25(10-4-20)41-42(37,38)39/h1-14,17-18H,15-16,19H2,(H,33,36)(H2,37,38,39). The molecule has 0 aliphatic carbocycles. The summed E-state index contributed by atoms with van der Waals surface area (Å²) in [7, 11) is -4.62. The molecule has 4 heterocycles. The molecule has 4 aromatic rings. The molecule has 0 saturated heterocycles. The van der Waals surface area contributed by atoms with Crippen LogP contribution in [0.2, 0.25) is 0 Å². The van der Waals surface area contributed by atoms with E-state index in [0.717, 1.165) is 19.4 Å². The number of hydrogen-bond donors (Lipinski definition) is 3. The number of carbonyl (C=O) groups excluding carboxylic acids is 1. The number of fused-ring (bicyclic) bond motifs is 2. The summed E-state index contributed by atoms with van der Waals surface area (Å²) >= 11 is 1.42. The fourth-order valence-corrected chi connectivity index (χ4v) is 6.25. The molecule has 9 nitrogen and oxygen atoms in total. The molecule has 0 unspecified atom stereocenters. The van der Waals surface area contributed by atoms with Crippen LogP contribution in [-0.2, 0) is 15.8 Å². The first kappa shape index (κ1) is 28.8. The van der Waals surface area contributed by atoms with Crippen LogP contribution >= 0.6 is 19.2 Å². The van der Waals surface area contributed by atoms with E-state index < -0.39 is 14.8 Å². The fraction of sp³-hybridized carbons (Fsp3) is 0.103. The van der Waals surface area contributed by atoms with Gasteiger partial charge in [0.1, 0.15) is 11.5 Å². The fourth-order valence-electron chi connectivity index (χ4n) is 5.11. The number of aromatic nitrogens is 1. The van der Waals surface area contributed by atoms with Crippen molar-refractivity contribution in [3.05, 3.63) is 113 Å². The number of nitrogens with one attached hydrogen (secondary N) is 1. The minimum atomic E-state index is -4.62. The number of amides is 1. The zero-order valence-electron chi connectivity index (χ0n) is 22.5. The lowest BCUT2D eigenvalue weighted by Crippen LogP contribution is -2.50. The molecule has 2 aliphatic heterocycles. The van der Waals surface area contributed by atoms with Gasteiger partial charge < -0.3 is 32.2 Å². The molecule has 6 rings (SSSR count). The molecule has 1 amide bonds. The van der Waals surface area contributed by atoms with E-state index in [1.165, 1.54) is 23.5 Å². The summed E-state index contributed by atoms with van der Waals surface area (Å²) in [5.41, 5.74) is 3.15. The van der Waals surface area contributed by atoms with E-state index >= 15 is 8.63 Å². The third-order valence-electron chi connectivity index (χ3n) is 6.99. The molecule has 43 heavy (non-hydrogen) atoms. The first-order valence-electron chi connectivity index (χ1n) is 13.3. The number of allylic oxidation sites excluding steroid dienone is 2. The number of benzene rings is 2. The Morgan fingerprint density at radius 1 is 1.00 bits per heavy atom. The van der Waals surface area contributed by atoms with Gasteiger partial charge in [-0.2, -0.15) is 0 Å². The van der Waals surface area contributed by atoms with Gasteiger partial charge in [0.05, 0.1) is 0 Å². The Morgan fingerprint density at radius 2 is 1.74 bits per heavy atom. The van der Waals surface area contributed by atoms with Crippen molar-refractivity contribution in [3.63, 3.8) is 0 Å². The minimum Gasteiger partial charge on any atom is -0.484 e. The zero-order valence-corrected chi connectivity index (χ0v) is 24.2. The predicted octanol–water partition coefficient (Wildman–Crippen LogP) is 5.07. The average molecular weight is 623 g/mol. The third kappa shape index (κ3) is 6.11. The maximum atomic E-state index is 16.1. The Balaban J connectivity index is 1.07. The summed E-state index contributed by atoms with van der Waals surface area (Å²) in [6.45, 7) is -4.07. The SMILES string of the molecule is O=C(COc1ccc(C2=[N+]3C(=Cc4ccc(-c5cccs5)n4[B-]3(F)F)C=C2)cc1)NCCc1ccc(OP(=O)(O)O)cc1. The van der Waals surface area contributed by atoms with Crippen molar-refractivity contribution in [3.8, 4) is 22.1 Å². The van der Waals surface area contributed by atoms with E-state index in [2.05, 4.69) is 9.84 Å². The van der Waals surface area contributed by atoms with Crippen LogP contribution in [0.3, 0.4) is 0 Å². The molecule has 3 N–H and O–H groups in total. The minimum absolute atomic E-state index is 0.0451. The van der Waals surface area contributed by atoms with Crippen LogP contribution in [0.15, 0.2) is 96.0 Å². The quantitative estimate of drug-likeness (QED) is 0.168. The summed E-state index contributed by atoms with van der Waals surface area (Å²) in [6.07, 6.45) is 5.61. The number of phosphoric acid groups is 1. The first-order chi connectivity index (χ1) is 20.6. The second-order valence-corrected chi connectivity index (χ2v) is 12.0. The Bertz CT molecular complexity index is 1810. The Kier molecular flexibility index (Phi) is 7.65. The summed E-state index contributed by atoms with van der Waals surface area (Å²) < 4.78 is 55.4. The van der Waals surface area contributed by atoms with Crippen molar-refractivity contribution >= 4 is 43.8 Å². The summed E-state index contributed by atoms with van der Waals surface area (Å²) in [5, 5.41) is 4.61. The molecule has 14 heteroatoms. The maximum absolute atomic E-state index is 16.1. The van der Waals surface area contributed by atoms with E-state index in [1.807, 2.05) is 17.5 Å². The average Bonchev–Trinajstić information content (AvgIpc) is 3.73. The Labute approximate surface area is 249 Å². The molecule has 0 fully saturated rings. The van der Waals surface area contributed by atoms with Crippen molar-refractivity contribution in [2.75, 3.05) is 13.2 Å². The Morgan fingerprint density at radius 3 is 2.44 bits per heavy atom. The lowest BCUT2D eigenvalue weighted by Gasteiger charge is -2.30. The third-order valence-corrected chi connectivity index (χ3v) is 8.33. The van der Waals surface area contributed by atoms with Gasteiger partial charge in [-0.25, -0.2) is 4.57 Å². The van der Waals surface area contributed by atoms with Gasteiger partial charge in [0, 0.05) is 46.6 Å². The molecular weight excluding hydrogens is 598 g/mol. The molecule has 0 spiro atoms. The molecule has 2 aromatic carbocycles. The highest BCUT2D eigenvalue weighted by Crippen LogP contribution is 2.38. The maximum Gasteiger partial charge on any atom is 0.737 e. The van der Waals surface area contributed by atoms with Gasteiger partial charge in [0.2, 0.25) is 0 Å². The molecule has 0 radical (unpaired) electrons. The monoisotopic (exact) mass is 623 g/mol. The van der Waals surface area contributed by atoms with E-state index in [9.17, 15) is 9.36 Å². The van der Waals surface area contributed by atoms with Crippen LogP contribution in [-0.4, -0.2) is 50.5 Å². The largest absolute Gasteiger partial charge is 0.737 e. The highest BCUT2D eigenvalue weighted by molar-refractivity contribution is 7.46. The number of ether oxygens (including phenoxy) is 1. The van der Waals surface area contributed by atoms with Crippen molar-refractivity contribution in [1.82, 2.24) is 9.79 Å². The van der Waals surface area contributed by atoms with Crippen LogP contribution in [0.1, 0.15) is 16.8 Å². The van der Waals surface area contributed by atoms with Gasteiger partial charge in [-0.1, -0.05) is 18.2 Å². The van der Waals surface area contributed by atoms with E-state index in [4.69, 9.17) is 14.5 Å². The van der Waals surface area contributed by atoms with Gasteiger partial charge in [-0.3, -0.25) is 14.6 Å². The number of halogens is 2. The van der Waals surface area contributed by atoms with Crippen LogP contribution in [0.5, 0.6) is 11.5 Å². The van der Waals surface area contributed by atoms with E-state index in [-0.39, 0.29) is 18.3 Å². The van der Waals surface area contributed by atoms with Crippen molar-refractivity contribution in [1.29, 1.82) is 0 Å². The van der Waals surface area contributed by atoms with Gasteiger partial charge in [-0.05, 0) is 72.0 Å². The van der Waals surface area contributed by atoms with Gasteiger partial charge in [-0.15, -0.1) is 11.3 Å². The highest BCUT2D eigenvalue weighted by atomic mass is 32.1. The second-order valence-electron chi connectivity index (χ2n) is 9.88. The summed E-state index contributed by atoms with van der Waals surface area (Å²) in [6, 6.07) is 19.9. The van der Waals surface area contributed by atoms with Crippen LogP contribution in [0, 0.1) is 0 Å². The van der Waals surface area contributed by atoms with Crippen molar-refractivity contribution < 1.29 is 41.5 Å². The van der Waals surface area contributed by atoms with Gasteiger partial charge >= 0.3 is 14.8 Å². The van der Waals surface area contributed by atoms with E-state index in [1.54, 1.807) is 66.8 Å². The zero-order chi connectivity index (χ0) is 30.2. The first-order valence-corrected chi connectivity index (χ1v) is 15.7. The number of thiophene rings is 1. The van der Waals surface area contributed by atoms with Crippen molar-refractivity contribution in [2.45, 2.75) is 6.42 Å². The van der Waals surface area contributed by atoms with Crippen LogP contribution < -0.4 is 14.6 Å². The van der Waals surface area contributed by atoms with Gasteiger partial charge in [0.15, 0.2) is 18.0 Å². The number of rotatable bonds is 10. The number of nitrogens with zero attached hydrogens (tertiary/aromatic N) is 2. The van der Waals surface area contributed by atoms with Crippen molar-refractivity contribution in [2.24, 2.45) is 0 Å². The molecule has 220 valence electrons. The molecule has 0 bridgehead atoms. The second kappa shape index (κ2) is 11.4. The normalized spacial score (nSPS) is 15.1. The van der Waals surface area contributed by atoms with Crippen LogP contribution in [0.4, 0.5) is 8.63 Å². The smallest absolute Gasteiger partial charge is 0.484 e. The summed E-state index contributed by atoms with van der Waals surface area (Å²) in [4.78, 5) is 30.7.